The molecule has 8 heteroatoms. The molecule has 1 aromatic carbocycles. The summed E-state index contributed by atoms with van der Waals surface area (Å²) >= 11 is 4.26. The zero-order valence-electron chi connectivity index (χ0n) is 11.0. The van der Waals surface area contributed by atoms with Crippen molar-refractivity contribution in [3.05, 3.63) is 45.2 Å². The Bertz CT molecular complexity index is 783. The van der Waals surface area contributed by atoms with Gasteiger partial charge < -0.3 is 5.11 Å². The van der Waals surface area contributed by atoms with Crippen LogP contribution in [-0.4, -0.2) is 19.5 Å². The fourth-order valence-electron chi connectivity index (χ4n) is 1.64. The number of nitrogens with one attached hydrogen (secondary N) is 1. The highest BCUT2D eigenvalue weighted by Gasteiger charge is 2.18. The Morgan fingerprint density at radius 2 is 2.05 bits per heavy atom. The molecule has 2 rings (SSSR count). The molecule has 5 nitrogen and oxygen atoms in total. The molecule has 0 atom stereocenters. The first kappa shape index (κ1) is 16.0. The number of hydrogen-bond donors (Lipinski definition) is 2. The van der Waals surface area contributed by atoms with Crippen LogP contribution < -0.4 is 4.72 Å². The number of benzene rings is 1. The van der Waals surface area contributed by atoms with E-state index in [1.54, 1.807) is 12.1 Å². The first-order valence-corrected chi connectivity index (χ1v) is 8.97. The lowest BCUT2D eigenvalue weighted by molar-refractivity contribution is -0.136. The van der Waals surface area contributed by atoms with Crippen LogP contribution in [0.3, 0.4) is 0 Å². The highest BCUT2D eigenvalue weighted by atomic mass is 79.9. The monoisotopic (exact) mass is 389 g/mol. The third-order valence-corrected chi connectivity index (χ3v) is 6.19. The molecule has 1 heterocycles. The van der Waals surface area contributed by atoms with Gasteiger partial charge in [0, 0.05) is 9.35 Å². The molecular formula is C13H12BrNO4S2. The molecule has 0 aliphatic rings. The van der Waals surface area contributed by atoms with Crippen molar-refractivity contribution in [3.8, 4) is 0 Å². The van der Waals surface area contributed by atoms with Gasteiger partial charge in [0.25, 0.3) is 10.0 Å². The van der Waals surface area contributed by atoms with E-state index < -0.39 is 16.0 Å². The van der Waals surface area contributed by atoms with Crippen LogP contribution in [0, 0.1) is 6.92 Å². The van der Waals surface area contributed by atoms with E-state index in [2.05, 4.69) is 20.7 Å². The number of carbonyl (C=O) groups is 1. The Labute approximate surface area is 134 Å². The van der Waals surface area contributed by atoms with Crippen molar-refractivity contribution in [2.24, 2.45) is 0 Å². The van der Waals surface area contributed by atoms with E-state index >= 15 is 0 Å². The van der Waals surface area contributed by atoms with Gasteiger partial charge in [-0.2, -0.15) is 0 Å². The van der Waals surface area contributed by atoms with Gasteiger partial charge in [-0.3, -0.25) is 9.52 Å². The average Bonchev–Trinajstić information content (AvgIpc) is 2.81. The number of aryl methyl sites for hydroxylation is 1. The molecule has 0 bridgehead atoms. The third kappa shape index (κ3) is 4.05. The predicted octanol–water partition coefficient (Wildman–Crippen LogP) is 3.25. The third-order valence-electron chi connectivity index (χ3n) is 2.60. The maximum atomic E-state index is 12.3. The molecule has 2 N–H and O–H groups in total. The highest BCUT2D eigenvalue weighted by molar-refractivity contribution is 9.10. The van der Waals surface area contributed by atoms with Gasteiger partial charge in [0.15, 0.2) is 0 Å². The lowest BCUT2D eigenvalue weighted by Crippen LogP contribution is -2.11. The van der Waals surface area contributed by atoms with Gasteiger partial charge in [-0.1, -0.05) is 6.07 Å². The zero-order chi connectivity index (χ0) is 15.6. The minimum Gasteiger partial charge on any atom is -0.481 e. The second kappa shape index (κ2) is 6.17. The van der Waals surface area contributed by atoms with E-state index in [9.17, 15) is 13.2 Å². The Morgan fingerprint density at radius 3 is 2.67 bits per heavy atom. The summed E-state index contributed by atoms with van der Waals surface area (Å²) in [4.78, 5) is 11.1. The van der Waals surface area contributed by atoms with E-state index in [1.807, 2.05) is 13.0 Å². The van der Waals surface area contributed by atoms with Gasteiger partial charge >= 0.3 is 5.97 Å². The highest BCUT2D eigenvalue weighted by Crippen LogP contribution is 2.28. The zero-order valence-corrected chi connectivity index (χ0v) is 14.2. The quantitative estimate of drug-likeness (QED) is 0.821. The largest absolute Gasteiger partial charge is 0.481 e. The first-order chi connectivity index (χ1) is 9.78. The lowest BCUT2D eigenvalue weighted by atomic mass is 10.2. The molecule has 0 aliphatic carbocycles. The van der Waals surface area contributed by atoms with Gasteiger partial charge in [-0.15, -0.1) is 11.3 Å². The number of rotatable bonds is 5. The number of carboxylic acids is 1. The van der Waals surface area contributed by atoms with Crippen LogP contribution in [0.25, 0.3) is 0 Å². The van der Waals surface area contributed by atoms with Gasteiger partial charge in [0.2, 0.25) is 0 Å². The minimum atomic E-state index is -3.72. The molecule has 0 unspecified atom stereocenters. The molecule has 112 valence electrons. The van der Waals surface area contributed by atoms with Crippen molar-refractivity contribution in [2.45, 2.75) is 17.6 Å². The molecule has 0 saturated carbocycles. The molecule has 0 amide bonds. The molecule has 0 saturated heterocycles. The maximum Gasteiger partial charge on any atom is 0.308 e. The number of anilines is 1. The van der Waals surface area contributed by atoms with E-state index in [0.717, 1.165) is 16.9 Å². The second-order valence-corrected chi connectivity index (χ2v) is 8.31. The minimum absolute atomic E-state index is 0.0891. The van der Waals surface area contributed by atoms with Gasteiger partial charge in [-0.25, -0.2) is 8.42 Å². The van der Waals surface area contributed by atoms with E-state index in [0.29, 0.717) is 15.0 Å². The topological polar surface area (TPSA) is 83.5 Å². The average molecular weight is 390 g/mol. The summed E-state index contributed by atoms with van der Waals surface area (Å²) < 4.78 is 27.8. The van der Waals surface area contributed by atoms with E-state index in [4.69, 9.17) is 5.11 Å². The van der Waals surface area contributed by atoms with Crippen LogP contribution in [0.2, 0.25) is 0 Å². The number of hydrogen-bond acceptors (Lipinski definition) is 4. The van der Waals surface area contributed by atoms with E-state index in [-0.39, 0.29) is 10.6 Å². The normalized spacial score (nSPS) is 11.3. The van der Waals surface area contributed by atoms with Crippen LogP contribution in [0.4, 0.5) is 5.69 Å². The Kier molecular flexibility index (Phi) is 4.70. The predicted molar refractivity (Wildman–Crippen MR) is 85.3 cm³/mol. The smallest absolute Gasteiger partial charge is 0.308 e. The number of halogens is 1. The Hall–Kier alpha value is -1.38. The molecule has 0 fully saturated rings. The van der Waals surface area contributed by atoms with Crippen LogP contribution in [0.15, 0.2) is 39.0 Å². The summed E-state index contributed by atoms with van der Waals surface area (Å²) in [6.07, 6.45) is -0.186. The van der Waals surface area contributed by atoms with Crippen LogP contribution >= 0.6 is 27.3 Å². The summed E-state index contributed by atoms with van der Waals surface area (Å²) in [6, 6.07) is 8.20. The van der Waals surface area contributed by atoms with E-state index in [1.165, 1.54) is 12.1 Å². The van der Waals surface area contributed by atoms with Crippen LogP contribution in [0.5, 0.6) is 0 Å². The lowest BCUT2D eigenvalue weighted by Gasteiger charge is -2.08. The SMILES string of the molecule is Cc1ccc(NS(=O)(=O)c2ccc(CC(=O)O)s2)c(Br)c1. The Balaban J connectivity index is 2.25. The summed E-state index contributed by atoms with van der Waals surface area (Å²) in [7, 11) is -3.72. The molecule has 1 aromatic heterocycles. The molecule has 21 heavy (non-hydrogen) atoms. The van der Waals surface area contributed by atoms with Crippen molar-refractivity contribution in [3.63, 3.8) is 0 Å². The summed E-state index contributed by atoms with van der Waals surface area (Å²) in [6.45, 7) is 1.90. The number of carboxylic acid groups (broad SMARTS) is 1. The van der Waals surface area contributed by atoms with Crippen molar-refractivity contribution >= 4 is 48.9 Å². The number of thiophene rings is 1. The fraction of sp³-hybridized carbons (Fsp3) is 0.154. The van der Waals surface area contributed by atoms with Crippen molar-refractivity contribution in [1.82, 2.24) is 0 Å². The van der Waals surface area contributed by atoms with Crippen LogP contribution in [-0.2, 0) is 21.2 Å². The number of sulfonamides is 1. The van der Waals surface area contributed by atoms with Gasteiger partial charge in [-0.05, 0) is 52.7 Å². The molecule has 2 aromatic rings. The summed E-state index contributed by atoms with van der Waals surface area (Å²) in [5.74, 6) is -0.991. The molecule has 0 spiro atoms. The molecular weight excluding hydrogens is 378 g/mol. The molecule has 0 aliphatic heterocycles. The molecule has 0 radical (unpaired) electrons. The summed E-state index contributed by atoms with van der Waals surface area (Å²) in [5.41, 5.74) is 1.44. The fourth-order valence-corrected chi connectivity index (χ4v) is 4.79. The van der Waals surface area contributed by atoms with Gasteiger partial charge in [0.05, 0.1) is 12.1 Å². The Morgan fingerprint density at radius 1 is 1.33 bits per heavy atom. The number of aliphatic carboxylic acids is 1. The standard InChI is InChI=1S/C13H12BrNO4S2/c1-8-2-4-11(10(14)6-8)15-21(18,19)13-5-3-9(20-13)7-12(16)17/h2-6,15H,7H2,1H3,(H,16,17). The van der Waals surface area contributed by atoms with Crippen molar-refractivity contribution in [2.75, 3.05) is 4.72 Å². The second-order valence-electron chi connectivity index (χ2n) is 4.38. The van der Waals surface area contributed by atoms with Crippen LogP contribution in [0.1, 0.15) is 10.4 Å². The summed E-state index contributed by atoms with van der Waals surface area (Å²) in [5, 5.41) is 8.71. The van der Waals surface area contributed by atoms with Crippen molar-refractivity contribution < 1.29 is 18.3 Å². The van der Waals surface area contributed by atoms with Crippen molar-refractivity contribution in [1.29, 1.82) is 0 Å². The maximum absolute atomic E-state index is 12.3. The first-order valence-electron chi connectivity index (χ1n) is 5.87. The van der Waals surface area contributed by atoms with Gasteiger partial charge in [0.1, 0.15) is 4.21 Å².